The van der Waals surface area contributed by atoms with Crippen molar-refractivity contribution in [3.8, 4) is 0 Å². The van der Waals surface area contributed by atoms with E-state index in [1.54, 1.807) is 0 Å². The molecular formula is C13H19N3O5. The van der Waals surface area contributed by atoms with Crippen LogP contribution in [0.5, 0.6) is 0 Å². The topological polar surface area (TPSA) is 132 Å². The number of aromatic amines is 2. The fourth-order valence-corrected chi connectivity index (χ4v) is 2.08. The van der Waals surface area contributed by atoms with Crippen molar-refractivity contribution in [1.82, 2.24) is 15.3 Å². The quantitative estimate of drug-likeness (QED) is 0.559. The monoisotopic (exact) mass is 297 g/mol. The number of hydrogen-bond donors (Lipinski definition) is 4. The van der Waals surface area contributed by atoms with Gasteiger partial charge in [0.15, 0.2) is 0 Å². The molecule has 1 amide bonds. The average Bonchev–Trinajstić information content (AvgIpc) is 2.32. The Kier molecular flexibility index (Phi) is 5.89. The Morgan fingerprint density at radius 2 is 1.95 bits per heavy atom. The molecule has 0 fully saturated rings. The van der Waals surface area contributed by atoms with Crippen LogP contribution in [0.2, 0.25) is 0 Å². The number of amides is 1. The Bertz CT molecular complexity index is 588. The van der Waals surface area contributed by atoms with Crippen LogP contribution < -0.4 is 16.6 Å². The van der Waals surface area contributed by atoms with Crippen LogP contribution in [0.4, 0.5) is 0 Å². The minimum absolute atomic E-state index is 0.0512. The van der Waals surface area contributed by atoms with Gasteiger partial charge in [-0.1, -0.05) is 13.8 Å². The number of aliphatic carboxylic acids is 1. The third-order valence-corrected chi connectivity index (χ3v) is 2.82. The first kappa shape index (κ1) is 16.7. The third kappa shape index (κ3) is 6.07. The number of nitrogens with one attached hydrogen (secondary N) is 3. The summed E-state index contributed by atoms with van der Waals surface area (Å²) in [5, 5.41) is 11.4. The minimum atomic E-state index is -0.931. The van der Waals surface area contributed by atoms with E-state index in [-0.39, 0.29) is 24.6 Å². The lowest BCUT2D eigenvalue weighted by molar-refractivity contribution is -0.138. The van der Waals surface area contributed by atoms with Crippen molar-refractivity contribution < 1.29 is 14.7 Å². The molecule has 0 aliphatic rings. The second kappa shape index (κ2) is 7.41. The summed E-state index contributed by atoms with van der Waals surface area (Å²) in [6.07, 6.45) is 0.600. The number of aromatic nitrogens is 2. The second-order valence-corrected chi connectivity index (χ2v) is 5.30. The number of carboxylic acid groups (broad SMARTS) is 1. The van der Waals surface area contributed by atoms with Gasteiger partial charge in [0, 0.05) is 19.0 Å². The Labute approximate surface area is 120 Å². The molecule has 1 heterocycles. The van der Waals surface area contributed by atoms with Gasteiger partial charge < -0.3 is 15.4 Å². The molecule has 8 nitrogen and oxygen atoms in total. The van der Waals surface area contributed by atoms with Crippen molar-refractivity contribution in [3.05, 3.63) is 32.6 Å². The van der Waals surface area contributed by atoms with Crippen LogP contribution >= 0.6 is 0 Å². The maximum Gasteiger partial charge on any atom is 0.326 e. The van der Waals surface area contributed by atoms with Crippen LogP contribution in [0.1, 0.15) is 37.2 Å². The molecule has 1 rings (SSSR count). The molecule has 0 aliphatic carbocycles. The zero-order chi connectivity index (χ0) is 16.0. The van der Waals surface area contributed by atoms with Crippen LogP contribution in [0, 0.1) is 11.8 Å². The molecule has 0 unspecified atom stereocenters. The molecule has 1 atom stereocenters. The third-order valence-electron chi connectivity index (χ3n) is 2.82. The fraction of sp³-hybridized carbons (Fsp3) is 0.538. The van der Waals surface area contributed by atoms with E-state index in [9.17, 15) is 19.2 Å². The molecule has 0 spiro atoms. The number of carboxylic acids is 1. The summed E-state index contributed by atoms with van der Waals surface area (Å²) in [5.41, 5.74) is -1.59. The number of carbonyl (C=O) groups excluding carboxylic acids is 1. The number of hydrogen-bond acceptors (Lipinski definition) is 4. The van der Waals surface area contributed by atoms with Gasteiger partial charge in [-0.05, 0) is 18.3 Å². The van der Waals surface area contributed by atoms with Crippen molar-refractivity contribution >= 4 is 11.9 Å². The van der Waals surface area contributed by atoms with E-state index in [4.69, 9.17) is 5.11 Å². The lowest BCUT2D eigenvalue weighted by Crippen LogP contribution is -2.34. The maximum atomic E-state index is 11.8. The molecule has 116 valence electrons. The minimum Gasteiger partial charge on any atom is -0.481 e. The molecule has 0 aromatic carbocycles. The molecule has 0 bridgehead atoms. The summed E-state index contributed by atoms with van der Waals surface area (Å²) in [6.45, 7) is 4.09. The van der Waals surface area contributed by atoms with Gasteiger partial charge in [0.25, 0.3) is 11.5 Å². The van der Waals surface area contributed by atoms with Crippen molar-refractivity contribution in [2.45, 2.75) is 26.7 Å². The van der Waals surface area contributed by atoms with Crippen LogP contribution in [0.3, 0.4) is 0 Å². The smallest absolute Gasteiger partial charge is 0.326 e. The molecular weight excluding hydrogens is 278 g/mol. The highest BCUT2D eigenvalue weighted by molar-refractivity contribution is 5.92. The Hall–Kier alpha value is -2.38. The molecule has 0 radical (unpaired) electrons. The van der Waals surface area contributed by atoms with Crippen LogP contribution in [-0.2, 0) is 4.79 Å². The molecule has 21 heavy (non-hydrogen) atoms. The van der Waals surface area contributed by atoms with E-state index >= 15 is 0 Å². The van der Waals surface area contributed by atoms with Gasteiger partial charge in [-0.25, -0.2) is 4.79 Å². The Morgan fingerprint density at radius 1 is 1.29 bits per heavy atom. The van der Waals surface area contributed by atoms with Crippen molar-refractivity contribution in [2.24, 2.45) is 11.8 Å². The van der Waals surface area contributed by atoms with Gasteiger partial charge in [0.1, 0.15) is 5.69 Å². The summed E-state index contributed by atoms with van der Waals surface area (Å²) >= 11 is 0. The number of carbonyl (C=O) groups is 2. The van der Waals surface area contributed by atoms with Crippen molar-refractivity contribution in [3.63, 3.8) is 0 Å². The van der Waals surface area contributed by atoms with Crippen LogP contribution in [-0.4, -0.2) is 33.5 Å². The number of rotatable bonds is 7. The van der Waals surface area contributed by atoms with E-state index in [1.165, 1.54) is 0 Å². The predicted molar refractivity (Wildman–Crippen MR) is 75.2 cm³/mol. The lowest BCUT2D eigenvalue weighted by atomic mass is 9.94. The van der Waals surface area contributed by atoms with Gasteiger partial charge in [-0.2, -0.15) is 0 Å². The van der Waals surface area contributed by atoms with E-state index in [1.807, 2.05) is 18.8 Å². The van der Waals surface area contributed by atoms with Gasteiger partial charge in [-0.15, -0.1) is 0 Å². The van der Waals surface area contributed by atoms with E-state index in [0.717, 1.165) is 6.07 Å². The highest BCUT2D eigenvalue weighted by Crippen LogP contribution is 2.14. The summed E-state index contributed by atoms with van der Waals surface area (Å²) in [6, 6.07) is 0.978. The van der Waals surface area contributed by atoms with E-state index in [0.29, 0.717) is 12.3 Å². The molecule has 0 saturated carbocycles. The molecule has 0 aliphatic heterocycles. The number of H-pyrrole nitrogens is 2. The predicted octanol–water partition coefficient (Wildman–Crippen LogP) is -0.0700. The highest BCUT2D eigenvalue weighted by atomic mass is 16.4. The maximum absolute atomic E-state index is 11.8. The average molecular weight is 297 g/mol. The zero-order valence-electron chi connectivity index (χ0n) is 11.9. The summed E-state index contributed by atoms with van der Waals surface area (Å²) in [7, 11) is 0. The molecule has 4 N–H and O–H groups in total. The fourth-order valence-electron chi connectivity index (χ4n) is 2.08. The first-order valence-electron chi connectivity index (χ1n) is 6.61. The van der Waals surface area contributed by atoms with Crippen molar-refractivity contribution in [2.75, 3.05) is 6.54 Å². The lowest BCUT2D eigenvalue weighted by Gasteiger charge is -2.17. The van der Waals surface area contributed by atoms with E-state index < -0.39 is 23.1 Å². The Morgan fingerprint density at radius 3 is 2.48 bits per heavy atom. The summed E-state index contributed by atoms with van der Waals surface area (Å²) in [5.74, 6) is -1.46. The first-order chi connectivity index (χ1) is 9.77. The highest BCUT2D eigenvalue weighted by Gasteiger charge is 2.17. The molecule has 0 saturated heterocycles. The standard InChI is InChI=1S/C13H19N3O5/c1-7(2)3-8(4-11(18)19)6-14-12(20)9-5-10(17)16-13(21)15-9/h5,7-8H,3-4,6H2,1-2H3,(H,14,20)(H,18,19)(H2,15,16,17,21)/t8-/m0/s1. The van der Waals surface area contributed by atoms with Crippen LogP contribution in [0.25, 0.3) is 0 Å². The van der Waals surface area contributed by atoms with Gasteiger partial charge >= 0.3 is 11.7 Å². The van der Waals surface area contributed by atoms with Gasteiger partial charge in [-0.3, -0.25) is 19.4 Å². The SMILES string of the molecule is CC(C)C[C@H](CNC(=O)c1cc(=O)[nH]c(=O)[nH]1)CC(=O)O. The normalized spacial score (nSPS) is 12.1. The van der Waals surface area contributed by atoms with E-state index in [2.05, 4.69) is 10.3 Å². The summed E-state index contributed by atoms with van der Waals surface area (Å²) < 4.78 is 0. The van der Waals surface area contributed by atoms with Gasteiger partial charge in [0.05, 0.1) is 0 Å². The second-order valence-electron chi connectivity index (χ2n) is 5.30. The van der Waals surface area contributed by atoms with Crippen molar-refractivity contribution in [1.29, 1.82) is 0 Å². The Balaban J connectivity index is 2.70. The summed E-state index contributed by atoms with van der Waals surface area (Å²) in [4.78, 5) is 49.0. The molecule has 8 heteroatoms. The molecule has 1 aromatic heterocycles. The molecule has 1 aromatic rings. The first-order valence-corrected chi connectivity index (χ1v) is 6.61. The zero-order valence-corrected chi connectivity index (χ0v) is 11.9. The largest absolute Gasteiger partial charge is 0.481 e. The van der Waals surface area contributed by atoms with Gasteiger partial charge in [0.2, 0.25) is 0 Å². The van der Waals surface area contributed by atoms with Crippen LogP contribution in [0.15, 0.2) is 15.7 Å².